The lowest BCUT2D eigenvalue weighted by molar-refractivity contribution is 0.0695. The fraction of sp³-hybridized carbons (Fsp3) is 0.154. The highest BCUT2D eigenvalue weighted by Crippen LogP contribution is 2.19. The molecular weight excluding hydrogens is 300 g/mol. The molecule has 1 N–H and O–H groups in total. The van der Waals surface area contributed by atoms with Crippen molar-refractivity contribution in [1.82, 2.24) is 0 Å². The Bertz CT molecular complexity index is 557. The summed E-state index contributed by atoms with van der Waals surface area (Å²) in [7, 11) is 0. The number of carbonyl (C=O) groups is 1. The first kappa shape index (κ1) is 12.7. The molecule has 0 aliphatic carbocycles. The largest absolute Gasteiger partial charge is 0.486 e. The van der Waals surface area contributed by atoms with E-state index in [0.717, 1.165) is 4.47 Å². The Hall–Kier alpha value is -1.75. The predicted molar refractivity (Wildman–Crippen MR) is 68.9 cm³/mol. The van der Waals surface area contributed by atoms with Crippen LogP contribution in [0.5, 0.6) is 5.75 Å². The summed E-state index contributed by atoms with van der Waals surface area (Å²) in [6.45, 7) is 1.82. The Balaban J connectivity index is 2.04. The molecule has 0 radical (unpaired) electrons. The van der Waals surface area contributed by atoms with Gasteiger partial charge in [-0.1, -0.05) is 15.9 Å². The Morgan fingerprint density at radius 2 is 2.06 bits per heavy atom. The third-order valence-electron chi connectivity index (χ3n) is 2.39. The lowest BCUT2D eigenvalue weighted by Gasteiger charge is -2.03. The maximum absolute atomic E-state index is 10.8. The zero-order valence-electron chi connectivity index (χ0n) is 9.64. The Kier molecular flexibility index (Phi) is 3.72. The van der Waals surface area contributed by atoms with Crippen LogP contribution in [0.1, 0.15) is 21.9 Å². The van der Waals surface area contributed by atoms with Gasteiger partial charge in [-0.05, 0) is 37.3 Å². The fourth-order valence-electron chi connectivity index (χ4n) is 1.51. The van der Waals surface area contributed by atoms with E-state index in [1.807, 2.05) is 24.3 Å². The van der Waals surface area contributed by atoms with Crippen molar-refractivity contribution in [3.8, 4) is 5.75 Å². The second kappa shape index (κ2) is 5.27. The monoisotopic (exact) mass is 310 g/mol. The third-order valence-corrected chi connectivity index (χ3v) is 2.92. The van der Waals surface area contributed by atoms with Crippen LogP contribution in [0, 0.1) is 6.92 Å². The van der Waals surface area contributed by atoms with Crippen LogP contribution in [0.25, 0.3) is 0 Å². The van der Waals surface area contributed by atoms with Crippen molar-refractivity contribution in [1.29, 1.82) is 0 Å². The van der Waals surface area contributed by atoms with Gasteiger partial charge in [-0.2, -0.15) is 0 Å². The highest BCUT2D eigenvalue weighted by molar-refractivity contribution is 9.10. The summed E-state index contributed by atoms with van der Waals surface area (Å²) in [6, 6.07) is 8.85. The standard InChI is InChI=1S/C13H11BrO4/c1-8-12(13(15)16)6-11(18-8)7-17-10-4-2-9(14)3-5-10/h2-6H,7H2,1H3,(H,15,16). The van der Waals surface area contributed by atoms with E-state index in [1.54, 1.807) is 6.92 Å². The molecule has 18 heavy (non-hydrogen) atoms. The SMILES string of the molecule is Cc1oc(COc2ccc(Br)cc2)cc1C(=O)O. The van der Waals surface area contributed by atoms with Gasteiger partial charge in [0.2, 0.25) is 0 Å². The summed E-state index contributed by atoms with van der Waals surface area (Å²) in [6.07, 6.45) is 0. The van der Waals surface area contributed by atoms with Gasteiger partial charge in [-0.25, -0.2) is 4.79 Å². The van der Waals surface area contributed by atoms with Gasteiger partial charge in [0.15, 0.2) is 0 Å². The minimum absolute atomic E-state index is 0.171. The van der Waals surface area contributed by atoms with Gasteiger partial charge in [-0.15, -0.1) is 0 Å². The molecule has 2 rings (SSSR count). The smallest absolute Gasteiger partial charge is 0.339 e. The molecule has 1 aromatic heterocycles. The molecule has 0 fully saturated rings. The van der Waals surface area contributed by atoms with Crippen LogP contribution in [-0.2, 0) is 6.61 Å². The first-order valence-electron chi connectivity index (χ1n) is 5.27. The van der Waals surface area contributed by atoms with Gasteiger partial charge in [0.05, 0.1) is 0 Å². The number of carboxylic acid groups (broad SMARTS) is 1. The van der Waals surface area contributed by atoms with E-state index in [2.05, 4.69) is 15.9 Å². The summed E-state index contributed by atoms with van der Waals surface area (Å²) < 4.78 is 11.8. The molecule has 0 atom stereocenters. The van der Waals surface area contributed by atoms with E-state index in [9.17, 15) is 4.79 Å². The average Bonchev–Trinajstić information content (AvgIpc) is 2.70. The van der Waals surface area contributed by atoms with E-state index >= 15 is 0 Å². The number of carboxylic acids is 1. The number of aryl methyl sites for hydroxylation is 1. The second-order valence-corrected chi connectivity index (χ2v) is 4.65. The Morgan fingerprint density at radius 1 is 1.39 bits per heavy atom. The van der Waals surface area contributed by atoms with Crippen molar-refractivity contribution in [3.05, 3.63) is 51.9 Å². The summed E-state index contributed by atoms with van der Waals surface area (Å²) >= 11 is 3.33. The highest BCUT2D eigenvalue weighted by atomic mass is 79.9. The maximum Gasteiger partial charge on any atom is 0.339 e. The van der Waals surface area contributed by atoms with E-state index in [0.29, 0.717) is 17.3 Å². The summed E-state index contributed by atoms with van der Waals surface area (Å²) in [5.41, 5.74) is 0.171. The number of hydrogen-bond acceptors (Lipinski definition) is 3. The van der Waals surface area contributed by atoms with Crippen LogP contribution in [0.4, 0.5) is 0 Å². The minimum atomic E-state index is -0.994. The van der Waals surface area contributed by atoms with E-state index in [4.69, 9.17) is 14.3 Å². The molecule has 0 bridgehead atoms. The average molecular weight is 311 g/mol. The third kappa shape index (κ3) is 2.92. The van der Waals surface area contributed by atoms with Crippen molar-refractivity contribution in [2.45, 2.75) is 13.5 Å². The van der Waals surface area contributed by atoms with Gasteiger partial charge >= 0.3 is 5.97 Å². The lowest BCUT2D eigenvalue weighted by atomic mass is 10.2. The maximum atomic E-state index is 10.8. The molecular formula is C13H11BrO4. The number of furan rings is 1. The number of ether oxygens (including phenoxy) is 1. The molecule has 0 aliphatic rings. The van der Waals surface area contributed by atoms with Crippen LogP contribution in [0.3, 0.4) is 0 Å². The summed E-state index contributed by atoms with van der Waals surface area (Å²) in [4.78, 5) is 10.8. The number of rotatable bonds is 4. The summed E-state index contributed by atoms with van der Waals surface area (Å²) in [5.74, 6) is 0.583. The molecule has 5 heteroatoms. The van der Waals surface area contributed by atoms with Crippen LogP contribution in [0.15, 0.2) is 39.2 Å². The number of aromatic carboxylic acids is 1. The van der Waals surface area contributed by atoms with Crippen LogP contribution < -0.4 is 4.74 Å². The van der Waals surface area contributed by atoms with Gasteiger partial charge in [0.1, 0.15) is 29.4 Å². The van der Waals surface area contributed by atoms with Crippen molar-refractivity contribution in [3.63, 3.8) is 0 Å². The molecule has 4 nitrogen and oxygen atoms in total. The van der Waals surface area contributed by atoms with Crippen LogP contribution in [-0.4, -0.2) is 11.1 Å². The molecule has 1 aromatic carbocycles. The molecule has 0 spiro atoms. The molecule has 94 valence electrons. The normalized spacial score (nSPS) is 10.3. The predicted octanol–water partition coefficient (Wildman–Crippen LogP) is 3.63. The highest BCUT2D eigenvalue weighted by Gasteiger charge is 2.13. The zero-order chi connectivity index (χ0) is 13.1. The van der Waals surface area contributed by atoms with Crippen molar-refractivity contribution in [2.75, 3.05) is 0 Å². The minimum Gasteiger partial charge on any atom is -0.486 e. The van der Waals surface area contributed by atoms with Crippen molar-refractivity contribution < 1.29 is 19.1 Å². The molecule has 2 aromatic rings. The molecule has 0 amide bonds. The first-order chi connectivity index (χ1) is 8.56. The van der Waals surface area contributed by atoms with E-state index in [-0.39, 0.29) is 12.2 Å². The first-order valence-corrected chi connectivity index (χ1v) is 6.06. The number of halogens is 1. The van der Waals surface area contributed by atoms with Crippen molar-refractivity contribution in [2.24, 2.45) is 0 Å². The lowest BCUT2D eigenvalue weighted by Crippen LogP contribution is -1.96. The number of hydrogen-bond donors (Lipinski definition) is 1. The topological polar surface area (TPSA) is 59.7 Å². The van der Waals surface area contributed by atoms with Crippen molar-refractivity contribution >= 4 is 21.9 Å². The molecule has 0 saturated heterocycles. The zero-order valence-corrected chi connectivity index (χ0v) is 11.2. The molecule has 0 unspecified atom stereocenters. The van der Waals surface area contributed by atoms with Crippen LogP contribution >= 0.6 is 15.9 Å². The summed E-state index contributed by atoms with van der Waals surface area (Å²) in [5, 5.41) is 8.89. The van der Waals surface area contributed by atoms with Crippen LogP contribution in [0.2, 0.25) is 0 Å². The van der Waals surface area contributed by atoms with Gasteiger partial charge < -0.3 is 14.3 Å². The van der Waals surface area contributed by atoms with E-state index < -0.39 is 5.97 Å². The fourth-order valence-corrected chi connectivity index (χ4v) is 1.78. The second-order valence-electron chi connectivity index (χ2n) is 3.73. The molecule has 0 saturated carbocycles. The van der Waals surface area contributed by atoms with Gasteiger partial charge in [0.25, 0.3) is 0 Å². The molecule has 1 heterocycles. The van der Waals surface area contributed by atoms with Gasteiger partial charge in [-0.3, -0.25) is 0 Å². The van der Waals surface area contributed by atoms with Gasteiger partial charge in [0, 0.05) is 4.47 Å². The van der Waals surface area contributed by atoms with E-state index in [1.165, 1.54) is 6.07 Å². The quantitative estimate of drug-likeness (QED) is 0.936. The Morgan fingerprint density at radius 3 is 2.61 bits per heavy atom. The number of benzene rings is 1. The molecule has 0 aliphatic heterocycles. The Labute approximate surface area is 112 Å².